The monoisotopic (exact) mass is 345 g/mol. The van der Waals surface area contributed by atoms with Crippen LogP contribution in [0.5, 0.6) is 0 Å². The van der Waals surface area contributed by atoms with Gasteiger partial charge in [0.15, 0.2) is 0 Å². The van der Waals surface area contributed by atoms with Gasteiger partial charge in [-0.15, -0.1) is 0 Å². The van der Waals surface area contributed by atoms with Gasteiger partial charge in [0, 0.05) is 30.8 Å². The lowest BCUT2D eigenvalue weighted by Crippen LogP contribution is -2.49. The molecule has 3 amide bonds. The number of urea groups is 1. The molecular weight excluding hydrogens is 325 g/mol. The summed E-state index contributed by atoms with van der Waals surface area (Å²) in [5, 5.41) is 5.44. The number of hydrogen-bond donors (Lipinski definition) is 2. The van der Waals surface area contributed by atoms with Crippen LogP contribution in [0, 0.1) is 5.82 Å². The first-order valence-corrected chi connectivity index (χ1v) is 8.21. The highest BCUT2D eigenvalue weighted by atomic mass is 19.1. The minimum Gasteiger partial charge on any atom is -0.464 e. The molecular formula is C18H20FN3O3. The van der Waals surface area contributed by atoms with Crippen LogP contribution >= 0.6 is 0 Å². The lowest BCUT2D eigenvalue weighted by atomic mass is 10.1. The van der Waals surface area contributed by atoms with Gasteiger partial charge in [-0.2, -0.15) is 0 Å². The fourth-order valence-electron chi connectivity index (χ4n) is 2.78. The lowest BCUT2D eigenvalue weighted by molar-refractivity contribution is -0.124. The third-order valence-corrected chi connectivity index (χ3v) is 4.27. The number of halogens is 1. The Kier molecular flexibility index (Phi) is 5.02. The molecule has 0 spiro atoms. The van der Waals surface area contributed by atoms with Gasteiger partial charge in [-0.05, 0) is 31.5 Å². The minimum atomic E-state index is -0.548. The van der Waals surface area contributed by atoms with Gasteiger partial charge in [-0.1, -0.05) is 12.1 Å². The van der Waals surface area contributed by atoms with Crippen LogP contribution in [-0.4, -0.2) is 36.0 Å². The van der Waals surface area contributed by atoms with Gasteiger partial charge >= 0.3 is 6.03 Å². The Morgan fingerprint density at radius 2 is 2.28 bits per heavy atom. The summed E-state index contributed by atoms with van der Waals surface area (Å²) in [5.74, 6) is -0.0172. The Morgan fingerprint density at radius 3 is 3.00 bits per heavy atom. The van der Waals surface area contributed by atoms with Crippen LogP contribution in [0.3, 0.4) is 0 Å². The predicted molar refractivity (Wildman–Crippen MR) is 90.1 cm³/mol. The molecule has 0 aliphatic carbocycles. The standard InChI is InChI=1S/C18H20FN3O3/c1-12-17(23)20-7-3-8-22(12)18(24)21-11-14-6-5-13(10-15(14)19)16-4-2-9-25-16/h2,4-6,9-10,12H,3,7-8,11H2,1H3,(H,20,23)(H,21,24). The van der Waals surface area contributed by atoms with Gasteiger partial charge < -0.3 is 20.0 Å². The number of amides is 3. The molecule has 1 atom stereocenters. The van der Waals surface area contributed by atoms with Crippen molar-refractivity contribution in [2.75, 3.05) is 13.1 Å². The van der Waals surface area contributed by atoms with E-state index < -0.39 is 11.9 Å². The summed E-state index contributed by atoms with van der Waals surface area (Å²) in [4.78, 5) is 25.6. The topological polar surface area (TPSA) is 74.6 Å². The molecule has 7 heteroatoms. The molecule has 1 aliphatic heterocycles. The van der Waals surface area contributed by atoms with Crippen molar-refractivity contribution in [3.8, 4) is 11.3 Å². The largest absolute Gasteiger partial charge is 0.464 e. The maximum atomic E-state index is 14.3. The molecule has 0 radical (unpaired) electrons. The van der Waals surface area contributed by atoms with Crippen molar-refractivity contribution < 1.29 is 18.4 Å². The number of furan rings is 1. The zero-order valence-electron chi connectivity index (χ0n) is 13.9. The highest BCUT2D eigenvalue weighted by Gasteiger charge is 2.27. The van der Waals surface area contributed by atoms with E-state index in [1.54, 1.807) is 31.2 Å². The van der Waals surface area contributed by atoms with Gasteiger partial charge in [-0.3, -0.25) is 4.79 Å². The van der Waals surface area contributed by atoms with Crippen LogP contribution in [0.2, 0.25) is 0 Å². The SMILES string of the molecule is CC1C(=O)NCCCN1C(=O)NCc1ccc(-c2ccco2)cc1F. The number of benzene rings is 1. The summed E-state index contributed by atoms with van der Waals surface area (Å²) in [5.41, 5.74) is 1.01. The number of nitrogens with one attached hydrogen (secondary N) is 2. The zero-order valence-corrected chi connectivity index (χ0v) is 13.9. The highest BCUT2D eigenvalue weighted by molar-refractivity contribution is 5.87. The molecule has 1 fully saturated rings. The van der Waals surface area contributed by atoms with Crippen LogP contribution in [0.4, 0.5) is 9.18 Å². The number of nitrogens with zero attached hydrogens (tertiary/aromatic N) is 1. The van der Waals surface area contributed by atoms with Gasteiger partial charge in [-0.25, -0.2) is 9.18 Å². The van der Waals surface area contributed by atoms with E-state index in [1.807, 2.05) is 0 Å². The Hall–Kier alpha value is -2.83. The third kappa shape index (κ3) is 3.81. The van der Waals surface area contributed by atoms with E-state index in [0.717, 1.165) is 0 Å². The van der Waals surface area contributed by atoms with Gasteiger partial charge in [0.1, 0.15) is 17.6 Å². The molecule has 2 heterocycles. The van der Waals surface area contributed by atoms with E-state index in [0.29, 0.717) is 36.4 Å². The second kappa shape index (κ2) is 7.38. The van der Waals surface area contributed by atoms with E-state index in [2.05, 4.69) is 10.6 Å². The normalized spacial score (nSPS) is 17.8. The highest BCUT2D eigenvalue weighted by Crippen LogP contribution is 2.22. The van der Waals surface area contributed by atoms with Crippen LogP contribution in [0.1, 0.15) is 18.9 Å². The van der Waals surface area contributed by atoms with Gasteiger partial charge in [0.2, 0.25) is 5.91 Å². The van der Waals surface area contributed by atoms with E-state index in [9.17, 15) is 14.0 Å². The van der Waals surface area contributed by atoms with Crippen molar-refractivity contribution in [1.29, 1.82) is 0 Å². The van der Waals surface area contributed by atoms with Crippen molar-refractivity contribution in [3.05, 3.63) is 48.0 Å². The number of carbonyl (C=O) groups is 2. The summed E-state index contributed by atoms with van der Waals surface area (Å²) in [6.45, 7) is 2.76. The smallest absolute Gasteiger partial charge is 0.318 e. The molecule has 3 rings (SSSR count). The summed E-state index contributed by atoms with van der Waals surface area (Å²) in [6, 6.07) is 7.30. The molecule has 0 saturated carbocycles. The van der Waals surface area contributed by atoms with Crippen LogP contribution in [0.25, 0.3) is 11.3 Å². The Morgan fingerprint density at radius 1 is 1.44 bits per heavy atom. The Bertz CT molecular complexity index is 761. The minimum absolute atomic E-state index is 0.0495. The fourth-order valence-corrected chi connectivity index (χ4v) is 2.78. The van der Waals surface area contributed by atoms with Crippen LogP contribution < -0.4 is 10.6 Å². The first-order chi connectivity index (χ1) is 12.1. The fraction of sp³-hybridized carbons (Fsp3) is 0.333. The van der Waals surface area contributed by atoms with E-state index in [4.69, 9.17) is 4.42 Å². The Balaban J connectivity index is 1.65. The van der Waals surface area contributed by atoms with Gasteiger partial charge in [0.05, 0.1) is 6.26 Å². The number of hydrogen-bond acceptors (Lipinski definition) is 3. The maximum absolute atomic E-state index is 14.3. The van der Waals surface area contributed by atoms with Crippen LogP contribution in [-0.2, 0) is 11.3 Å². The average molecular weight is 345 g/mol. The molecule has 0 bridgehead atoms. The van der Waals surface area contributed by atoms with Crippen molar-refractivity contribution in [2.24, 2.45) is 0 Å². The maximum Gasteiger partial charge on any atom is 0.318 e. The number of carbonyl (C=O) groups excluding carboxylic acids is 2. The third-order valence-electron chi connectivity index (χ3n) is 4.27. The first kappa shape index (κ1) is 17.0. The molecule has 25 heavy (non-hydrogen) atoms. The molecule has 2 aromatic rings. The second-order valence-electron chi connectivity index (χ2n) is 5.96. The van der Waals surface area contributed by atoms with Crippen molar-refractivity contribution in [3.63, 3.8) is 0 Å². The van der Waals surface area contributed by atoms with E-state index >= 15 is 0 Å². The second-order valence-corrected chi connectivity index (χ2v) is 5.96. The van der Waals surface area contributed by atoms with E-state index in [1.165, 1.54) is 17.2 Å². The zero-order chi connectivity index (χ0) is 17.8. The average Bonchev–Trinajstić information content (AvgIpc) is 3.08. The predicted octanol–water partition coefficient (Wildman–Crippen LogP) is 2.51. The van der Waals surface area contributed by atoms with Crippen molar-refractivity contribution >= 4 is 11.9 Å². The van der Waals surface area contributed by atoms with Crippen molar-refractivity contribution in [1.82, 2.24) is 15.5 Å². The summed E-state index contributed by atoms with van der Waals surface area (Å²) < 4.78 is 19.5. The molecule has 1 aromatic heterocycles. The molecule has 1 unspecified atom stereocenters. The summed E-state index contributed by atoms with van der Waals surface area (Å²) in [7, 11) is 0. The first-order valence-electron chi connectivity index (χ1n) is 8.21. The molecule has 132 valence electrons. The number of rotatable bonds is 3. The molecule has 2 N–H and O–H groups in total. The molecule has 1 aromatic carbocycles. The molecule has 1 saturated heterocycles. The van der Waals surface area contributed by atoms with Crippen LogP contribution in [0.15, 0.2) is 41.0 Å². The Labute approximate surface area is 145 Å². The molecule has 1 aliphatic rings. The lowest BCUT2D eigenvalue weighted by Gasteiger charge is -2.25. The van der Waals surface area contributed by atoms with Crippen molar-refractivity contribution in [2.45, 2.75) is 25.9 Å². The van der Waals surface area contributed by atoms with E-state index in [-0.39, 0.29) is 18.5 Å². The van der Waals surface area contributed by atoms with Gasteiger partial charge in [0.25, 0.3) is 0 Å². The quantitative estimate of drug-likeness (QED) is 0.898. The summed E-state index contributed by atoms with van der Waals surface area (Å²) >= 11 is 0. The summed E-state index contributed by atoms with van der Waals surface area (Å²) in [6.07, 6.45) is 2.22. The molecule has 6 nitrogen and oxygen atoms in total.